The van der Waals surface area contributed by atoms with Gasteiger partial charge in [0.05, 0.1) is 6.61 Å². The Morgan fingerprint density at radius 3 is 2.62 bits per heavy atom. The molecule has 0 spiro atoms. The molecule has 2 fully saturated rings. The first-order chi connectivity index (χ1) is 12.1. The van der Waals surface area contributed by atoms with Crippen LogP contribution in [0.2, 0.25) is 5.02 Å². The van der Waals surface area contributed by atoms with E-state index < -0.39 is 0 Å². The molecule has 0 bridgehead atoms. The second-order valence-electron chi connectivity index (χ2n) is 7.35. The first-order valence-electron chi connectivity index (χ1n) is 9.01. The number of aliphatic hydroxyl groups is 1. The van der Waals surface area contributed by atoms with Crippen molar-refractivity contribution in [2.24, 2.45) is 10.4 Å². The van der Waals surface area contributed by atoms with Crippen LogP contribution in [0.3, 0.4) is 0 Å². The number of aliphatic hydroxyl groups excluding tert-OH is 1. The standard InChI is InChI=1S/C19H28ClN3O2.HI/c1-21-17(22-12-18(7-9-24)8-10-25-14-18)23-13-19(5-6-19)15-3-2-4-16(20)11-15;/h2-4,11,24H,5-10,12-14H2,1H3,(H2,21,22,23);1H. The van der Waals surface area contributed by atoms with E-state index in [2.05, 4.69) is 27.8 Å². The average molecular weight is 494 g/mol. The van der Waals surface area contributed by atoms with E-state index in [-0.39, 0.29) is 41.4 Å². The molecule has 0 aromatic heterocycles. The van der Waals surface area contributed by atoms with Crippen molar-refractivity contribution in [1.82, 2.24) is 10.6 Å². The summed E-state index contributed by atoms with van der Waals surface area (Å²) < 4.78 is 5.55. The van der Waals surface area contributed by atoms with Gasteiger partial charge in [0.15, 0.2) is 5.96 Å². The van der Waals surface area contributed by atoms with Crippen LogP contribution in [-0.4, -0.2) is 51.0 Å². The summed E-state index contributed by atoms with van der Waals surface area (Å²) in [5.74, 6) is 0.803. The third kappa shape index (κ3) is 5.24. The molecular weight excluding hydrogens is 465 g/mol. The van der Waals surface area contributed by atoms with E-state index in [1.54, 1.807) is 7.05 Å². The molecule has 5 nitrogen and oxygen atoms in total. The summed E-state index contributed by atoms with van der Waals surface area (Å²) in [6.45, 7) is 3.26. The first-order valence-corrected chi connectivity index (χ1v) is 9.38. The molecule has 0 amide bonds. The third-order valence-electron chi connectivity index (χ3n) is 5.57. The highest BCUT2D eigenvalue weighted by Gasteiger charge is 2.44. The molecule has 146 valence electrons. The Kier molecular flexibility index (Phi) is 8.00. The zero-order chi connectivity index (χ0) is 17.8. The minimum absolute atomic E-state index is 0. The fourth-order valence-electron chi connectivity index (χ4n) is 3.59. The lowest BCUT2D eigenvalue weighted by molar-refractivity contribution is 0.127. The molecule has 3 rings (SSSR count). The lowest BCUT2D eigenvalue weighted by Gasteiger charge is -2.28. The predicted octanol–water partition coefficient (Wildman–Crippen LogP) is 2.94. The van der Waals surface area contributed by atoms with Gasteiger partial charge in [-0.15, -0.1) is 24.0 Å². The highest BCUT2D eigenvalue weighted by atomic mass is 127. The Hall–Kier alpha value is -0.570. The van der Waals surface area contributed by atoms with Crippen molar-refractivity contribution in [3.8, 4) is 0 Å². The van der Waals surface area contributed by atoms with E-state index in [1.807, 2.05) is 12.1 Å². The SMILES string of the molecule is CN=C(NCC1(CCO)CCOC1)NCC1(c2cccc(Cl)c2)CC1.I. The minimum Gasteiger partial charge on any atom is -0.396 e. The topological polar surface area (TPSA) is 65.9 Å². The molecule has 3 N–H and O–H groups in total. The van der Waals surface area contributed by atoms with Crippen LogP contribution in [0.4, 0.5) is 0 Å². The Morgan fingerprint density at radius 2 is 2.04 bits per heavy atom. The van der Waals surface area contributed by atoms with Crippen LogP contribution in [0.5, 0.6) is 0 Å². The molecule has 1 aliphatic heterocycles. The Labute approximate surface area is 178 Å². The number of guanidine groups is 1. The molecule has 1 unspecified atom stereocenters. The zero-order valence-corrected chi connectivity index (χ0v) is 18.3. The summed E-state index contributed by atoms with van der Waals surface area (Å²) in [6, 6.07) is 8.16. The number of benzene rings is 1. The largest absolute Gasteiger partial charge is 0.396 e. The quantitative estimate of drug-likeness (QED) is 0.310. The predicted molar refractivity (Wildman–Crippen MR) is 117 cm³/mol. The highest BCUT2D eigenvalue weighted by molar-refractivity contribution is 14.0. The number of halogens is 2. The molecular formula is C19H29ClIN3O2. The van der Waals surface area contributed by atoms with Gasteiger partial charge in [-0.05, 0) is 43.4 Å². The first kappa shape index (κ1) is 21.7. The third-order valence-corrected chi connectivity index (χ3v) is 5.80. The van der Waals surface area contributed by atoms with E-state index >= 15 is 0 Å². The molecule has 1 aromatic carbocycles. The van der Waals surface area contributed by atoms with Gasteiger partial charge in [0.1, 0.15) is 0 Å². The van der Waals surface area contributed by atoms with Gasteiger partial charge in [-0.1, -0.05) is 23.7 Å². The Bertz CT molecular complexity index is 617. The van der Waals surface area contributed by atoms with Gasteiger partial charge in [0.2, 0.25) is 0 Å². The molecule has 1 atom stereocenters. The number of nitrogens with zero attached hydrogens (tertiary/aromatic N) is 1. The fourth-order valence-corrected chi connectivity index (χ4v) is 3.78. The normalized spacial score (nSPS) is 24.0. The van der Waals surface area contributed by atoms with Gasteiger partial charge in [-0.3, -0.25) is 4.99 Å². The monoisotopic (exact) mass is 493 g/mol. The van der Waals surface area contributed by atoms with Crippen molar-refractivity contribution in [2.75, 3.05) is 40.0 Å². The summed E-state index contributed by atoms with van der Waals surface area (Å²) in [4.78, 5) is 4.35. The second-order valence-corrected chi connectivity index (χ2v) is 7.78. The summed E-state index contributed by atoms with van der Waals surface area (Å²) >= 11 is 6.15. The van der Waals surface area contributed by atoms with E-state index in [4.69, 9.17) is 16.3 Å². The Morgan fingerprint density at radius 1 is 1.27 bits per heavy atom. The summed E-state index contributed by atoms with van der Waals surface area (Å²) in [7, 11) is 1.79. The number of hydrogen-bond acceptors (Lipinski definition) is 3. The van der Waals surface area contributed by atoms with Crippen LogP contribution in [0.1, 0.15) is 31.2 Å². The maximum Gasteiger partial charge on any atom is 0.191 e. The van der Waals surface area contributed by atoms with Crippen LogP contribution in [0.15, 0.2) is 29.3 Å². The highest BCUT2D eigenvalue weighted by Crippen LogP contribution is 2.48. The van der Waals surface area contributed by atoms with Crippen molar-refractivity contribution < 1.29 is 9.84 Å². The van der Waals surface area contributed by atoms with Crippen LogP contribution in [0, 0.1) is 5.41 Å². The van der Waals surface area contributed by atoms with Crippen LogP contribution >= 0.6 is 35.6 Å². The number of nitrogens with one attached hydrogen (secondary N) is 2. The van der Waals surface area contributed by atoms with Crippen molar-refractivity contribution in [3.05, 3.63) is 34.9 Å². The van der Waals surface area contributed by atoms with Gasteiger partial charge in [0.25, 0.3) is 0 Å². The van der Waals surface area contributed by atoms with E-state index in [9.17, 15) is 5.11 Å². The number of hydrogen-bond donors (Lipinski definition) is 3. The van der Waals surface area contributed by atoms with Crippen LogP contribution in [-0.2, 0) is 10.2 Å². The molecule has 0 radical (unpaired) electrons. The maximum absolute atomic E-state index is 9.34. The maximum atomic E-state index is 9.34. The molecule has 2 aliphatic rings. The van der Waals surface area contributed by atoms with Crippen molar-refractivity contribution in [1.29, 1.82) is 0 Å². The molecule has 1 saturated heterocycles. The summed E-state index contributed by atoms with van der Waals surface area (Å²) in [5, 5.41) is 17.0. The van der Waals surface area contributed by atoms with Gasteiger partial charge < -0.3 is 20.5 Å². The summed E-state index contributed by atoms with van der Waals surface area (Å²) in [5.41, 5.74) is 1.47. The van der Waals surface area contributed by atoms with E-state index in [1.165, 1.54) is 18.4 Å². The van der Waals surface area contributed by atoms with Crippen LogP contribution in [0.25, 0.3) is 0 Å². The van der Waals surface area contributed by atoms with E-state index in [0.29, 0.717) is 6.61 Å². The molecule has 7 heteroatoms. The number of ether oxygens (including phenoxy) is 1. The molecule has 26 heavy (non-hydrogen) atoms. The summed E-state index contributed by atoms with van der Waals surface area (Å²) in [6.07, 6.45) is 4.06. The van der Waals surface area contributed by atoms with Crippen molar-refractivity contribution in [2.45, 2.75) is 31.1 Å². The van der Waals surface area contributed by atoms with Crippen LogP contribution < -0.4 is 10.6 Å². The fraction of sp³-hybridized carbons (Fsp3) is 0.632. The zero-order valence-electron chi connectivity index (χ0n) is 15.3. The van der Waals surface area contributed by atoms with Crippen molar-refractivity contribution >= 4 is 41.5 Å². The van der Waals surface area contributed by atoms with E-state index in [0.717, 1.165) is 43.5 Å². The lowest BCUT2D eigenvalue weighted by Crippen LogP contribution is -2.46. The molecule has 1 saturated carbocycles. The minimum atomic E-state index is 0. The van der Waals surface area contributed by atoms with Gasteiger partial charge in [0, 0.05) is 49.2 Å². The van der Waals surface area contributed by atoms with Crippen molar-refractivity contribution in [3.63, 3.8) is 0 Å². The van der Waals surface area contributed by atoms with Gasteiger partial charge in [-0.2, -0.15) is 0 Å². The second kappa shape index (κ2) is 9.57. The Balaban J connectivity index is 0.00000243. The van der Waals surface area contributed by atoms with Gasteiger partial charge in [-0.25, -0.2) is 0 Å². The number of rotatable bonds is 7. The lowest BCUT2D eigenvalue weighted by atomic mass is 9.84. The van der Waals surface area contributed by atoms with Gasteiger partial charge >= 0.3 is 0 Å². The average Bonchev–Trinajstić information content (AvgIpc) is 3.27. The number of aliphatic imine (C=N–C) groups is 1. The molecule has 1 aliphatic carbocycles. The smallest absolute Gasteiger partial charge is 0.191 e. The molecule has 1 heterocycles. The molecule has 1 aromatic rings.